The predicted octanol–water partition coefficient (Wildman–Crippen LogP) is 3.34. The Hall–Kier alpha value is -1.90. The van der Waals surface area contributed by atoms with Gasteiger partial charge in [0.2, 0.25) is 0 Å². The van der Waals surface area contributed by atoms with Crippen molar-refractivity contribution >= 4 is 10.8 Å². The Balaban J connectivity index is 2.21. The first kappa shape index (κ1) is 11.2. The van der Waals surface area contributed by atoms with E-state index in [0.29, 0.717) is 19.0 Å². The van der Waals surface area contributed by atoms with Gasteiger partial charge in [0.1, 0.15) is 5.75 Å². The van der Waals surface area contributed by atoms with Crippen LogP contribution in [-0.2, 0) is 0 Å². The SMILES string of the molecule is CC1(C)COc2cc(O)c3ccccc3c2OC1. The minimum absolute atomic E-state index is 0.0320. The van der Waals surface area contributed by atoms with E-state index in [0.717, 1.165) is 16.5 Å². The van der Waals surface area contributed by atoms with Crippen LogP contribution in [0.5, 0.6) is 17.2 Å². The average molecular weight is 244 g/mol. The fourth-order valence-electron chi connectivity index (χ4n) is 2.14. The fraction of sp³-hybridized carbons (Fsp3) is 0.333. The Bertz CT molecular complexity index is 602. The highest BCUT2D eigenvalue weighted by Crippen LogP contribution is 2.43. The average Bonchev–Trinajstić information content (AvgIpc) is 2.50. The molecule has 1 aliphatic rings. The molecule has 0 atom stereocenters. The summed E-state index contributed by atoms with van der Waals surface area (Å²) in [6, 6.07) is 9.29. The van der Waals surface area contributed by atoms with E-state index in [9.17, 15) is 5.11 Å². The van der Waals surface area contributed by atoms with Gasteiger partial charge in [-0.15, -0.1) is 0 Å². The number of fused-ring (bicyclic) bond motifs is 3. The molecule has 94 valence electrons. The molecular weight excluding hydrogens is 228 g/mol. The molecule has 0 fully saturated rings. The van der Waals surface area contributed by atoms with Crippen molar-refractivity contribution in [2.24, 2.45) is 5.41 Å². The zero-order chi connectivity index (χ0) is 12.8. The number of hydrogen-bond acceptors (Lipinski definition) is 3. The standard InChI is InChI=1S/C15H16O3/c1-15(2)8-17-13-7-12(16)10-5-3-4-6-11(10)14(13)18-9-15/h3-7,16H,8-9H2,1-2H3. The van der Waals surface area contributed by atoms with E-state index >= 15 is 0 Å². The quantitative estimate of drug-likeness (QED) is 0.772. The third kappa shape index (κ3) is 1.76. The summed E-state index contributed by atoms with van der Waals surface area (Å²) < 4.78 is 11.7. The molecule has 0 radical (unpaired) electrons. The van der Waals surface area contributed by atoms with Crippen LogP contribution < -0.4 is 9.47 Å². The van der Waals surface area contributed by atoms with Crippen molar-refractivity contribution < 1.29 is 14.6 Å². The molecule has 0 saturated carbocycles. The van der Waals surface area contributed by atoms with Gasteiger partial charge >= 0.3 is 0 Å². The van der Waals surface area contributed by atoms with E-state index in [1.54, 1.807) is 6.07 Å². The largest absolute Gasteiger partial charge is 0.507 e. The molecule has 0 bridgehead atoms. The van der Waals surface area contributed by atoms with Crippen molar-refractivity contribution in [3.05, 3.63) is 30.3 Å². The summed E-state index contributed by atoms with van der Waals surface area (Å²) in [7, 11) is 0. The van der Waals surface area contributed by atoms with Crippen LogP contribution in [0.3, 0.4) is 0 Å². The molecule has 3 heteroatoms. The molecule has 18 heavy (non-hydrogen) atoms. The summed E-state index contributed by atoms with van der Waals surface area (Å²) in [6.45, 7) is 5.38. The second-order valence-corrected chi connectivity index (χ2v) is 5.51. The first-order chi connectivity index (χ1) is 8.57. The van der Waals surface area contributed by atoms with E-state index in [-0.39, 0.29) is 11.2 Å². The lowest BCUT2D eigenvalue weighted by atomic mass is 9.97. The lowest BCUT2D eigenvalue weighted by Crippen LogP contribution is -2.26. The molecule has 3 nitrogen and oxygen atoms in total. The van der Waals surface area contributed by atoms with Gasteiger partial charge in [-0.1, -0.05) is 38.1 Å². The monoisotopic (exact) mass is 244 g/mol. The zero-order valence-corrected chi connectivity index (χ0v) is 10.6. The van der Waals surface area contributed by atoms with Crippen molar-refractivity contribution in [1.29, 1.82) is 0 Å². The van der Waals surface area contributed by atoms with Crippen LogP contribution >= 0.6 is 0 Å². The molecule has 0 unspecified atom stereocenters. The molecule has 0 spiro atoms. The highest BCUT2D eigenvalue weighted by atomic mass is 16.5. The summed E-state index contributed by atoms with van der Waals surface area (Å²) in [4.78, 5) is 0. The molecule has 1 heterocycles. The molecular formula is C15H16O3. The van der Waals surface area contributed by atoms with E-state index in [2.05, 4.69) is 13.8 Å². The third-order valence-electron chi connectivity index (χ3n) is 3.16. The molecule has 1 aliphatic heterocycles. The smallest absolute Gasteiger partial charge is 0.169 e. The lowest BCUT2D eigenvalue weighted by molar-refractivity contribution is 0.140. The van der Waals surface area contributed by atoms with Crippen LogP contribution in [0.4, 0.5) is 0 Å². The van der Waals surface area contributed by atoms with Gasteiger partial charge in [-0.25, -0.2) is 0 Å². The predicted molar refractivity (Wildman–Crippen MR) is 70.4 cm³/mol. The molecule has 0 aromatic heterocycles. The minimum Gasteiger partial charge on any atom is -0.507 e. The number of phenolic OH excluding ortho intramolecular Hbond substituents is 1. The van der Waals surface area contributed by atoms with Crippen LogP contribution in [-0.4, -0.2) is 18.3 Å². The van der Waals surface area contributed by atoms with Crippen molar-refractivity contribution in [1.82, 2.24) is 0 Å². The van der Waals surface area contributed by atoms with E-state index in [4.69, 9.17) is 9.47 Å². The summed E-state index contributed by atoms with van der Waals surface area (Å²) in [5, 5.41) is 11.7. The fourth-order valence-corrected chi connectivity index (χ4v) is 2.14. The summed E-state index contributed by atoms with van der Waals surface area (Å²) in [5.41, 5.74) is -0.0320. The van der Waals surface area contributed by atoms with E-state index in [1.807, 2.05) is 24.3 Å². The lowest BCUT2D eigenvalue weighted by Gasteiger charge is -2.19. The van der Waals surface area contributed by atoms with Crippen molar-refractivity contribution in [2.45, 2.75) is 13.8 Å². The van der Waals surface area contributed by atoms with Crippen LogP contribution in [0.15, 0.2) is 30.3 Å². The number of hydrogen-bond donors (Lipinski definition) is 1. The summed E-state index contributed by atoms with van der Waals surface area (Å²) in [5.74, 6) is 1.58. The van der Waals surface area contributed by atoms with Crippen molar-refractivity contribution in [3.8, 4) is 17.2 Å². The van der Waals surface area contributed by atoms with E-state index in [1.165, 1.54) is 0 Å². The maximum absolute atomic E-state index is 10.0. The minimum atomic E-state index is -0.0320. The van der Waals surface area contributed by atoms with Crippen LogP contribution in [0.1, 0.15) is 13.8 Å². The molecule has 1 N–H and O–H groups in total. The zero-order valence-electron chi connectivity index (χ0n) is 10.6. The molecule has 2 aromatic carbocycles. The molecule has 3 rings (SSSR count). The van der Waals surface area contributed by atoms with Gasteiger partial charge in [0, 0.05) is 22.3 Å². The first-order valence-electron chi connectivity index (χ1n) is 6.07. The second kappa shape index (κ2) is 3.80. The Kier molecular flexibility index (Phi) is 2.37. The number of benzene rings is 2. The van der Waals surface area contributed by atoms with Gasteiger partial charge in [-0.05, 0) is 0 Å². The maximum atomic E-state index is 10.0. The highest BCUT2D eigenvalue weighted by Gasteiger charge is 2.26. The van der Waals surface area contributed by atoms with Gasteiger partial charge in [0.15, 0.2) is 11.5 Å². The van der Waals surface area contributed by atoms with Crippen molar-refractivity contribution in [2.75, 3.05) is 13.2 Å². The van der Waals surface area contributed by atoms with Crippen LogP contribution in [0.25, 0.3) is 10.8 Å². The van der Waals surface area contributed by atoms with Crippen LogP contribution in [0, 0.1) is 5.41 Å². The van der Waals surface area contributed by atoms with Gasteiger partial charge in [-0.3, -0.25) is 0 Å². The summed E-state index contributed by atoms with van der Waals surface area (Å²) in [6.07, 6.45) is 0. The third-order valence-corrected chi connectivity index (χ3v) is 3.16. The summed E-state index contributed by atoms with van der Waals surface area (Å²) >= 11 is 0. The second-order valence-electron chi connectivity index (χ2n) is 5.51. The number of rotatable bonds is 0. The molecule has 0 aliphatic carbocycles. The molecule has 0 saturated heterocycles. The molecule has 2 aromatic rings. The normalized spacial score (nSPS) is 17.4. The highest BCUT2D eigenvalue weighted by molar-refractivity contribution is 5.95. The topological polar surface area (TPSA) is 38.7 Å². The first-order valence-corrected chi connectivity index (χ1v) is 6.07. The van der Waals surface area contributed by atoms with Gasteiger partial charge in [0.05, 0.1) is 13.2 Å². The Labute approximate surface area is 106 Å². The van der Waals surface area contributed by atoms with E-state index < -0.39 is 0 Å². The Morgan fingerprint density at radius 3 is 2.50 bits per heavy atom. The number of phenols is 1. The Morgan fingerprint density at radius 2 is 1.72 bits per heavy atom. The van der Waals surface area contributed by atoms with Gasteiger partial charge in [0.25, 0.3) is 0 Å². The van der Waals surface area contributed by atoms with Gasteiger partial charge < -0.3 is 14.6 Å². The van der Waals surface area contributed by atoms with Gasteiger partial charge in [-0.2, -0.15) is 0 Å². The molecule has 0 amide bonds. The van der Waals surface area contributed by atoms with Crippen molar-refractivity contribution in [3.63, 3.8) is 0 Å². The Morgan fingerprint density at radius 1 is 1.06 bits per heavy atom. The van der Waals surface area contributed by atoms with Crippen LogP contribution in [0.2, 0.25) is 0 Å². The number of aromatic hydroxyl groups is 1. The maximum Gasteiger partial charge on any atom is 0.169 e. The number of ether oxygens (including phenoxy) is 2.